The minimum atomic E-state index is -0.476. The number of fused-ring (bicyclic) bond motifs is 1. The molecule has 2 heterocycles. The van der Waals surface area contributed by atoms with Crippen molar-refractivity contribution in [2.45, 2.75) is 5.88 Å². The monoisotopic (exact) mass is 295 g/mol. The fraction of sp³-hybridized carbons (Fsp3) is 0.0769. The number of benzene rings is 1. The summed E-state index contributed by atoms with van der Waals surface area (Å²) in [5.41, 5.74) is 2.17. The predicted octanol–water partition coefficient (Wildman–Crippen LogP) is 3.95. The van der Waals surface area contributed by atoms with Crippen molar-refractivity contribution in [1.29, 1.82) is 0 Å². The molecule has 6 heteroatoms. The van der Waals surface area contributed by atoms with Crippen LogP contribution in [0.25, 0.3) is 16.7 Å². The average Bonchev–Trinajstić information content (AvgIpc) is 2.80. The molecule has 3 rings (SSSR count). The molecular formula is C13H8Cl2FN3. The van der Waals surface area contributed by atoms with Crippen molar-refractivity contribution in [3.05, 3.63) is 53.3 Å². The third kappa shape index (κ3) is 2.07. The number of imidazole rings is 1. The summed E-state index contributed by atoms with van der Waals surface area (Å²) in [6.45, 7) is 0. The van der Waals surface area contributed by atoms with E-state index in [-0.39, 0.29) is 10.9 Å². The number of pyridine rings is 1. The van der Waals surface area contributed by atoms with E-state index in [0.29, 0.717) is 17.0 Å². The van der Waals surface area contributed by atoms with Gasteiger partial charge < -0.3 is 0 Å². The van der Waals surface area contributed by atoms with Gasteiger partial charge in [-0.1, -0.05) is 11.6 Å². The molecule has 1 aromatic carbocycles. The average molecular weight is 296 g/mol. The third-order valence-corrected chi connectivity index (χ3v) is 3.35. The maximum atomic E-state index is 13.6. The Morgan fingerprint density at radius 2 is 2.11 bits per heavy atom. The van der Waals surface area contributed by atoms with Crippen LogP contribution in [0.5, 0.6) is 0 Å². The number of hydrogen-bond donors (Lipinski definition) is 0. The molecule has 0 aliphatic carbocycles. The zero-order chi connectivity index (χ0) is 13.4. The highest BCUT2D eigenvalue weighted by atomic mass is 35.5. The zero-order valence-electron chi connectivity index (χ0n) is 9.65. The van der Waals surface area contributed by atoms with Crippen molar-refractivity contribution in [3.63, 3.8) is 0 Å². The maximum Gasteiger partial charge on any atom is 0.143 e. The summed E-state index contributed by atoms with van der Waals surface area (Å²) in [7, 11) is 0. The largest absolute Gasteiger partial charge is 0.295 e. The molecule has 0 aliphatic heterocycles. The van der Waals surface area contributed by atoms with E-state index in [0.717, 1.165) is 5.52 Å². The second kappa shape index (κ2) is 4.79. The number of alkyl halides is 1. The molecule has 0 N–H and O–H groups in total. The lowest BCUT2D eigenvalue weighted by atomic mass is 10.3. The van der Waals surface area contributed by atoms with Crippen LogP contribution < -0.4 is 0 Å². The quantitative estimate of drug-likeness (QED) is 0.670. The molecule has 2 aromatic heterocycles. The molecule has 0 radical (unpaired) electrons. The van der Waals surface area contributed by atoms with E-state index in [1.54, 1.807) is 23.0 Å². The standard InChI is InChI=1S/C13H8Cl2FN3/c14-6-13-18-11-7-17-4-3-12(11)19(13)8-1-2-9(15)10(16)5-8/h1-5,7H,6H2. The van der Waals surface area contributed by atoms with Gasteiger partial charge in [0.15, 0.2) is 0 Å². The first-order chi connectivity index (χ1) is 9.20. The van der Waals surface area contributed by atoms with Gasteiger partial charge in [0, 0.05) is 6.20 Å². The Bertz CT molecular complexity index is 755. The smallest absolute Gasteiger partial charge is 0.143 e. The van der Waals surface area contributed by atoms with E-state index in [9.17, 15) is 4.39 Å². The van der Waals surface area contributed by atoms with E-state index in [4.69, 9.17) is 23.2 Å². The normalized spacial score (nSPS) is 11.1. The second-order valence-corrected chi connectivity index (χ2v) is 4.63. The van der Waals surface area contributed by atoms with Crippen LogP contribution in [0.2, 0.25) is 5.02 Å². The highest BCUT2D eigenvalue weighted by Gasteiger charge is 2.12. The topological polar surface area (TPSA) is 30.7 Å². The third-order valence-electron chi connectivity index (χ3n) is 2.81. The highest BCUT2D eigenvalue weighted by molar-refractivity contribution is 6.30. The Labute approximate surface area is 118 Å². The van der Waals surface area contributed by atoms with Crippen LogP contribution in [0.15, 0.2) is 36.7 Å². The first kappa shape index (κ1) is 12.4. The van der Waals surface area contributed by atoms with Gasteiger partial charge in [0.1, 0.15) is 17.2 Å². The Balaban J connectivity index is 2.31. The highest BCUT2D eigenvalue weighted by Crippen LogP contribution is 2.24. The number of hydrogen-bond acceptors (Lipinski definition) is 2. The van der Waals surface area contributed by atoms with E-state index in [1.807, 2.05) is 6.07 Å². The Morgan fingerprint density at radius 3 is 2.84 bits per heavy atom. The minimum absolute atomic E-state index is 0.0854. The lowest BCUT2D eigenvalue weighted by molar-refractivity contribution is 0.627. The van der Waals surface area contributed by atoms with E-state index >= 15 is 0 Å². The summed E-state index contributed by atoms with van der Waals surface area (Å²) < 4.78 is 15.4. The molecule has 0 atom stereocenters. The number of rotatable bonds is 2. The van der Waals surface area contributed by atoms with E-state index in [1.165, 1.54) is 12.1 Å². The number of halogens is 3. The maximum absolute atomic E-state index is 13.6. The molecule has 19 heavy (non-hydrogen) atoms. The van der Waals surface area contributed by atoms with Crippen LogP contribution in [0.1, 0.15) is 5.82 Å². The van der Waals surface area contributed by atoms with Crippen LogP contribution in [0.4, 0.5) is 4.39 Å². The molecule has 0 amide bonds. The molecule has 3 nitrogen and oxygen atoms in total. The molecule has 0 saturated carbocycles. The van der Waals surface area contributed by atoms with Crippen LogP contribution >= 0.6 is 23.2 Å². The van der Waals surface area contributed by atoms with Gasteiger partial charge in [0.2, 0.25) is 0 Å². The van der Waals surface area contributed by atoms with Gasteiger partial charge in [-0.25, -0.2) is 9.37 Å². The first-order valence-corrected chi connectivity index (χ1v) is 6.44. The van der Waals surface area contributed by atoms with Crippen molar-refractivity contribution < 1.29 is 4.39 Å². The van der Waals surface area contributed by atoms with Crippen molar-refractivity contribution in [2.75, 3.05) is 0 Å². The van der Waals surface area contributed by atoms with Gasteiger partial charge in [-0.2, -0.15) is 0 Å². The van der Waals surface area contributed by atoms with Crippen LogP contribution in [0.3, 0.4) is 0 Å². The van der Waals surface area contributed by atoms with E-state index in [2.05, 4.69) is 9.97 Å². The van der Waals surface area contributed by atoms with Crippen molar-refractivity contribution in [3.8, 4) is 5.69 Å². The predicted molar refractivity (Wildman–Crippen MR) is 73.4 cm³/mol. The summed E-state index contributed by atoms with van der Waals surface area (Å²) in [5, 5.41) is 0.0854. The van der Waals surface area contributed by atoms with Crippen LogP contribution in [-0.4, -0.2) is 14.5 Å². The molecule has 0 unspecified atom stereocenters. The fourth-order valence-corrected chi connectivity index (χ4v) is 2.28. The summed E-state index contributed by atoms with van der Waals surface area (Å²) >= 11 is 11.6. The second-order valence-electron chi connectivity index (χ2n) is 3.96. The van der Waals surface area contributed by atoms with Gasteiger partial charge in [-0.15, -0.1) is 11.6 Å². The van der Waals surface area contributed by atoms with Gasteiger partial charge >= 0.3 is 0 Å². The summed E-state index contributed by atoms with van der Waals surface area (Å²) in [6.07, 6.45) is 3.30. The number of nitrogens with zero attached hydrogens (tertiary/aromatic N) is 3. The van der Waals surface area contributed by atoms with Gasteiger partial charge in [-0.05, 0) is 24.3 Å². The minimum Gasteiger partial charge on any atom is -0.295 e. The molecule has 96 valence electrons. The molecular weight excluding hydrogens is 288 g/mol. The summed E-state index contributed by atoms with van der Waals surface area (Å²) in [6, 6.07) is 6.41. The van der Waals surface area contributed by atoms with E-state index < -0.39 is 5.82 Å². The molecule has 0 saturated heterocycles. The zero-order valence-corrected chi connectivity index (χ0v) is 11.2. The van der Waals surface area contributed by atoms with Gasteiger partial charge in [0.25, 0.3) is 0 Å². The number of aromatic nitrogens is 3. The molecule has 0 fully saturated rings. The molecule has 3 aromatic rings. The lowest BCUT2D eigenvalue weighted by Crippen LogP contribution is -1.99. The van der Waals surface area contributed by atoms with Crippen LogP contribution in [0, 0.1) is 5.82 Å². The Kier molecular flexibility index (Phi) is 3.12. The first-order valence-electron chi connectivity index (χ1n) is 5.53. The van der Waals surface area contributed by atoms with Gasteiger partial charge in [-0.3, -0.25) is 9.55 Å². The summed E-state index contributed by atoms with van der Waals surface area (Å²) in [5.74, 6) is 0.376. The van der Waals surface area contributed by atoms with Crippen molar-refractivity contribution >= 4 is 34.2 Å². The van der Waals surface area contributed by atoms with Crippen molar-refractivity contribution in [2.24, 2.45) is 0 Å². The van der Waals surface area contributed by atoms with Crippen molar-refractivity contribution in [1.82, 2.24) is 14.5 Å². The summed E-state index contributed by atoms with van der Waals surface area (Å²) in [4.78, 5) is 8.39. The fourth-order valence-electron chi connectivity index (χ4n) is 1.98. The lowest BCUT2D eigenvalue weighted by Gasteiger charge is -2.08. The van der Waals surface area contributed by atoms with Gasteiger partial charge in [0.05, 0.1) is 28.3 Å². The van der Waals surface area contributed by atoms with Crippen LogP contribution in [-0.2, 0) is 5.88 Å². The molecule has 0 bridgehead atoms. The molecule has 0 spiro atoms. The molecule has 0 aliphatic rings. The Morgan fingerprint density at radius 1 is 1.26 bits per heavy atom. The SMILES string of the molecule is Fc1cc(-n2c(CCl)nc3cnccc32)ccc1Cl. The Hall–Kier alpha value is -1.65.